The zero-order valence-electron chi connectivity index (χ0n) is 18.6. The molecule has 10 heteroatoms. The fourth-order valence-corrected chi connectivity index (χ4v) is 3.93. The fourth-order valence-electron chi connectivity index (χ4n) is 3.75. The van der Waals surface area contributed by atoms with Gasteiger partial charge in [-0.3, -0.25) is 9.59 Å². The van der Waals surface area contributed by atoms with Gasteiger partial charge in [-0.1, -0.05) is 18.5 Å². The summed E-state index contributed by atoms with van der Waals surface area (Å²) in [6.07, 6.45) is 0.903. The minimum Gasteiger partial charge on any atom is -0.495 e. The third-order valence-electron chi connectivity index (χ3n) is 5.48. The van der Waals surface area contributed by atoms with Gasteiger partial charge in [0.05, 0.1) is 36.5 Å². The number of nitriles is 1. The number of pyridine rings is 1. The summed E-state index contributed by atoms with van der Waals surface area (Å²) in [5.74, 6) is -4.25. The lowest BCUT2D eigenvalue weighted by Crippen LogP contribution is -2.30. The van der Waals surface area contributed by atoms with Crippen molar-refractivity contribution in [1.29, 1.82) is 5.26 Å². The van der Waals surface area contributed by atoms with E-state index in [2.05, 4.69) is 0 Å². The molecule has 0 radical (unpaired) electrons. The van der Waals surface area contributed by atoms with Crippen molar-refractivity contribution >= 4 is 23.4 Å². The zero-order chi connectivity index (χ0) is 25.9. The molecule has 0 aliphatic rings. The molecule has 1 aromatic heterocycles. The molecule has 1 unspecified atom stereocenters. The van der Waals surface area contributed by atoms with Crippen LogP contribution in [0.3, 0.4) is 0 Å². The van der Waals surface area contributed by atoms with Gasteiger partial charge < -0.3 is 14.4 Å². The van der Waals surface area contributed by atoms with Crippen LogP contribution in [0.5, 0.6) is 5.75 Å². The highest BCUT2D eigenvalue weighted by Crippen LogP contribution is 2.33. The molecule has 0 bridgehead atoms. The molecular weight excluding hydrogens is 482 g/mol. The molecule has 1 atom stereocenters. The molecule has 0 spiro atoms. The SMILES string of the molecule is CCC(C(=O)Cc1cc(F)c(C(=O)O)cc1F)n1cc(OC)c(-c2cc(Cl)ccc2C#N)cc1=O. The minimum absolute atomic E-state index is 0.152. The molecule has 1 heterocycles. The fraction of sp³-hybridized carbons (Fsp3) is 0.200. The van der Waals surface area contributed by atoms with Gasteiger partial charge in [-0.05, 0) is 42.3 Å². The van der Waals surface area contributed by atoms with E-state index in [1.54, 1.807) is 6.92 Å². The maximum atomic E-state index is 14.4. The van der Waals surface area contributed by atoms with Crippen molar-refractivity contribution < 1.29 is 28.2 Å². The third-order valence-corrected chi connectivity index (χ3v) is 5.72. The number of halogens is 3. The molecule has 0 fully saturated rings. The van der Waals surface area contributed by atoms with E-state index in [1.807, 2.05) is 6.07 Å². The van der Waals surface area contributed by atoms with E-state index in [4.69, 9.17) is 21.4 Å². The number of carbonyl (C=O) groups is 2. The summed E-state index contributed by atoms with van der Waals surface area (Å²) >= 11 is 6.06. The summed E-state index contributed by atoms with van der Waals surface area (Å²) in [6.45, 7) is 1.64. The first kappa shape index (κ1) is 25.6. The molecule has 0 aliphatic carbocycles. The zero-order valence-corrected chi connectivity index (χ0v) is 19.4. The number of hydrogen-bond acceptors (Lipinski definition) is 5. The molecule has 180 valence electrons. The van der Waals surface area contributed by atoms with Gasteiger partial charge in [0.1, 0.15) is 17.4 Å². The van der Waals surface area contributed by atoms with Gasteiger partial charge in [0.15, 0.2) is 5.78 Å². The molecule has 0 aliphatic heterocycles. The summed E-state index contributed by atoms with van der Waals surface area (Å²) in [4.78, 5) is 37.0. The number of benzene rings is 2. The summed E-state index contributed by atoms with van der Waals surface area (Å²) < 4.78 is 34.9. The Morgan fingerprint density at radius 1 is 1.17 bits per heavy atom. The molecule has 0 saturated carbocycles. The van der Waals surface area contributed by atoms with E-state index in [-0.39, 0.29) is 23.3 Å². The Kier molecular flexibility index (Phi) is 7.67. The summed E-state index contributed by atoms with van der Waals surface area (Å²) in [7, 11) is 1.36. The highest BCUT2D eigenvalue weighted by molar-refractivity contribution is 6.31. The Bertz CT molecular complexity index is 1430. The van der Waals surface area contributed by atoms with Crippen molar-refractivity contribution in [2.75, 3.05) is 7.11 Å². The quantitative estimate of drug-likeness (QED) is 0.476. The van der Waals surface area contributed by atoms with E-state index in [9.17, 15) is 28.4 Å². The maximum Gasteiger partial charge on any atom is 0.338 e. The maximum absolute atomic E-state index is 14.4. The number of hydrogen-bond donors (Lipinski definition) is 1. The van der Waals surface area contributed by atoms with Crippen LogP contribution in [0, 0.1) is 23.0 Å². The molecule has 1 N–H and O–H groups in total. The number of ether oxygens (including phenoxy) is 1. The smallest absolute Gasteiger partial charge is 0.338 e. The van der Waals surface area contributed by atoms with Gasteiger partial charge in [0.2, 0.25) is 0 Å². The van der Waals surface area contributed by atoms with Gasteiger partial charge in [-0.15, -0.1) is 0 Å². The van der Waals surface area contributed by atoms with E-state index >= 15 is 0 Å². The Labute approximate surface area is 203 Å². The molecule has 0 amide bonds. The van der Waals surface area contributed by atoms with Crippen molar-refractivity contribution in [3.05, 3.63) is 86.3 Å². The average Bonchev–Trinajstić information content (AvgIpc) is 2.82. The van der Waals surface area contributed by atoms with Crippen LogP contribution in [0.25, 0.3) is 11.1 Å². The van der Waals surface area contributed by atoms with Crippen LogP contribution in [0.2, 0.25) is 5.02 Å². The van der Waals surface area contributed by atoms with Gasteiger partial charge >= 0.3 is 5.97 Å². The molecule has 0 saturated heterocycles. The highest BCUT2D eigenvalue weighted by Gasteiger charge is 2.25. The first-order valence-electron chi connectivity index (χ1n) is 10.3. The number of aromatic carboxylic acids is 1. The Hall–Kier alpha value is -4.03. The Balaban J connectivity index is 2.03. The van der Waals surface area contributed by atoms with Gasteiger partial charge in [0, 0.05) is 28.6 Å². The third kappa shape index (κ3) is 5.23. The minimum atomic E-state index is -1.64. The van der Waals surface area contributed by atoms with E-state index in [1.165, 1.54) is 37.6 Å². The number of methoxy groups -OCH3 is 1. The van der Waals surface area contributed by atoms with Crippen LogP contribution in [0.4, 0.5) is 8.78 Å². The number of nitrogens with zero attached hydrogens (tertiary/aromatic N) is 2. The Morgan fingerprint density at radius 3 is 2.49 bits per heavy atom. The lowest BCUT2D eigenvalue weighted by Gasteiger charge is -2.20. The Morgan fingerprint density at radius 2 is 1.89 bits per heavy atom. The number of Topliss-reactive ketones (excluding diaryl/α,β-unsaturated/α-hetero) is 1. The van der Waals surface area contributed by atoms with Crippen LogP contribution in [0.1, 0.15) is 40.9 Å². The van der Waals surface area contributed by atoms with Crippen LogP contribution >= 0.6 is 11.6 Å². The molecule has 7 nitrogen and oxygen atoms in total. The topological polar surface area (TPSA) is 109 Å². The number of rotatable bonds is 8. The lowest BCUT2D eigenvalue weighted by atomic mass is 9.98. The first-order valence-corrected chi connectivity index (χ1v) is 10.7. The summed E-state index contributed by atoms with van der Waals surface area (Å²) in [5.41, 5.74) is -0.831. The van der Waals surface area contributed by atoms with Gasteiger partial charge in [-0.2, -0.15) is 5.26 Å². The second-order valence-electron chi connectivity index (χ2n) is 7.60. The molecular formula is C25H19ClF2N2O5. The van der Waals surface area contributed by atoms with E-state index in [0.717, 1.165) is 4.57 Å². The average molecular weight is 501 g/mol. The monoisotopic (exact) mass is 500 g/mol. The number of ketones is 1. The number of carbonyl (C=O) groups excluding carboxylic acids is 1. The predicted octanol–water partition coefficient (Wildman–Crippen LogP) is 4.79. The summed E-state index contributed by atoms with van der Waals surface area (Å²) in [5, 5.41) is 18.7. The van der Waals surface area contributed by atoms with Gasteiger partial charge in [-0.25, -0.2) is 13.6 Å². The largest absolute Gasteiger partial charge is 0.495 e. The van der Waals surface area contributed by atoms with Crippen molar-refractivity contribution in [2.45, 2.75) is 25.8 Å². The van der Waals surface area contributed by atoms with Crippen molar-refractivity contribution in [3.63, 3.8) is 0 Å². The van der Waals surface area contributed by atoms with Crippen LogP contribution in [-0.2, 0) is 11.2 Å². The second kappa shape index (κ2) is 10.5. The standard InChI is InChI=1S/C25H19ClF2N2O5/c1-3-21(22(31)7-14-6-20(28)18(25(33)34)9-19(14)27)30-12-23(35-2)17(10-24(30)32)16-8-15(26)5-4-13(16)11-29/h4-6,8-10,12,21H,3,7H2,1-2H3,(H,33,34). The molecule has 35 heavy (non-hydrogen) atoms. The molecule has 2 aromatic carbocycles. The van der Waals surface area contributed by atoms with Gasteiger partial charge in [0.25, 0.3) is 5.56 Å². The number of aromatic nitrogens is 1. The van der Waals surface area contributed by atoms with E-state index < -0.39 is 47.0 Å². The van der Waals surface area contributed by atoms with Crippen LogP contribution in [-0.4, -0.2) is 28.5 Å². The van der Waals surface area contributed by atoms with Crippen molar-refractivity contribution in [2.24, 2.45) is 0 Å². The summed E-state index contributed by atoms with van der Waals surface area (Å²) in [6, 6.07) is 7.94. The second-order valence-corrected chi connectivity index (χ2v) is 8.03. The highest BCUT2D eigenvalue weighted by atomic mass is 35.5. The van der Waals surface area contributed by atoms with Crippen LogP contribution in [0.15, 0.2) is 47.4 Å². The number of carboxylic acid groups (broad SMARTS) is 1. The molecule has 3 aromatic rings. The van der Waals surface area contributed by atoms with Crippen molar-refractivity contribution in [3.8, 4) is 22.9 Å². The lowest BCUT2D eigenvalue weighted by molar-refractivity contribution is -0.121. The predicted molar refractivity (Wildman–Crippen MR) is 124 cm³/mol. The van der Waals surface area contributed by atoms with Crippen LogP contribution < -0.4 is 10.3 Å². The first-order chi connectivity index (χ1) is 16.6. The van der Waals surface area contributed by atoms with E-state index in [0.29, 0.717) is 28.3 Å². The van der Waals surface area contributed by atoms with Crippen molar-refractivity contribution in [1.82, 2.24) is 4.57 Å². The normalized spacial score (nSPS) is 11.5. The molecule has 3 rings (SSSR count). The number of carboxylic acids is 1.